The van der Waals surface area contributed by atoms with Crippen LogP contribution in [0.4, 0.5) is 5.69 Å². The number of nitrogens with one attached hydrogen (secondary N) is 2. The molecule has 1 unspecified atom stereocenters. The quantitative estimate of drug-likeness (QED) is 0.770. The SMILES string of the molecule is CCC(C)NC(=O)CCNc1ccncc1. The third-order valence-corrected chi connectivity index (χ3v) is 2.38. The summed E-state index contributed by atoms with van der Waals surface area (Å²) < 4.78 is 0. The van der Waals surface area contributed by atoms with Crippen LogP contribution in [0.3, 0.4) is 0 Å². The summed E-state index contributed by atoms with van der Waals surface area (Å²) in [6.07, 6.45) is 4.90. The Morgan fingerprint density at radius 3 is 2.75 bits per heavy atom. The molecule has 1 aromatic heterocycles. The Morgan fingerprint density at radius 2 is 2.12 bits per heavy atom. The highest BCUT2D eigenvalue weighted by molar-refractivity contribution is 5.76. The van der Waals surface area contributed by atoms with Crippen LogP contribution in [0.5, 0.6) is 0 Å². The molecule has 0 saturated carbocycles. The zero-order valence-corrected chi connectivity index (χ0v) is 9.86. The number of nitrogens with zero attached hydrogens (tertiary/aromatic N) is 1. The van der Waals surface area contributed by atoms with E-state index in [1.54, 1.807) is 12.4 Å². The van der Waals surface area contributed by atoms with Gasteiger partial charge in [-0.25, -0.2) is 0 Å². The van der Waals surface area contributed by atoms with E-state index in [0.717, 1.165) is 12.1 Å². The second kappa shape index (κ2) is 6.82. The summed E-state index contributed by atoms with van der Waals surface area (Å²) in [7, 11) is 0. The van der Waals surface area contributed by atoms with Crippen molar-refractivity contribution in [3.63, 3.8) is 0 Å². The molecule has 0 fully saturated rings. The van der Waals surface area contributed by atoms with E-state index in [1.165, 1.54) is 0 Å². The van der Waals surface area contributed by atoms with Crippen molar-refractivity contribution < 1.29 is 4.79 Å². The molecule has 0 aromatic carbocycles. The van der Waals surface area contributed by atoms with Crippen molar-refractivity contribution in [1.29, 1.82) is 0 Å². The summed E-state index contributed by atoms with van der Waals surface area (Å²) >= 11 is 0. The predicted octanol–water partition coefficient (Wildman–Crippen LogP) is 1.80. The monoisotopic (exact) mass is 221 g/mol. The van der Waals surface area contributed by atoms with Crippen LogP contribution in [0, 0.1) is 0 Å². The minimum absolute atomic E-state index is 0.0934. The molecule has 0 aliphatic heterocycles. The van der Waals surface area contributed by atoms with E-state index in [2.05, 4.69) is 22.5 Å². The summed E-state index contributed by atoms with van der Waals surface area (Å²) in [4.78, 5) is 15.4. The van der Waals surface area contributed by atoms with E-state index >= 15 is 0 Å². The first-order valence-electron chi connectivity index (χ1n) is 5.65. The molecule has 1 atom stereocenters. The van der Waals surface area contributed by atoms with Crippen LogP contribution in [0.2, 0.25) is 0 Å². The summed E-state index contributed by atoms with van der Waals surface area (Å²) in [5.41, 5.74) is 0.992. The minimum atomic E-state index is 0.0934. The normalized spacial score (nSPS) is 11.9. The van der Waals surface area contributed by atoms with Gasteiger partial charge in [0.2, 0.25) is 5.91 Å². The number of pyridine rings is 1. The van der Waals surface area contributed by atoms with Crippen molar-refractivity contribution in [3.05, 3.63) is 24.5 Å². The number of anilines is 1. The molecule has 1 aromatic rings. The highest BCUT2D eigenvalue weighted by Gasteiger charge is 2.04. The van der Waals surface area contributed by atoms with Crippen LogP contribution >= 0.6 is 0 Å². The highest BCUT2D eigenvalue weighted by Crippen LogP contribution is 2.02. The van der Waals surface area contributed by atoms with Crippen molar-refractivity contribution in [2.75, 3.05) is 11.9 Å². The molecule has 0 saturated heterocycles. The van der Waals surface area contributed by atoms with E-state index in [9.17, 15) is 4.79 Å². The Hall–Kier alpha value is -1.58. The second-order valence-electron chi connectivity index (χ2n) is 3.79. The second-order valence-corrected chi connectivity index (χ2v) is 3.79. The van der Waals surface area contributed by atoms with Crippen LogP contribution in [0.25, 0.3) is 0 Å². The molecule has 16 heavy (non-hydrogen) atoms. The van der Waals surface area contributed by atoms with Crippen LogP contribution in [-0.4, -0.2) is 23.5 Å². The Balaban J connectivity index is 2.18. The van der Waals surface area contributed by atoms with E-state index in [0.29, 0.717) is 13.0 Å². The average molecular weight is 221 g/mol. The fraction of sp³-hybridized carbons (Fsp3) is 0.500. The molecule has 88 valence electrons. The topological polar surface area (TPSA) is 54.0 Å². The van der Waals surface area contributed by atoms with Crippen LogP contribution in [0.1, 0.15) is 26.7 Å². The van der Waals surface area contributed by atoms with Crippen molar-refractivity contribution in [2.45, 2.75) is 32.7 Å². The summed E-state index contributed by atoms with van der Waals surface area (Å²) in [6, 6.07) is 4.02. The predicted molar refractivity (Wildman–Crippen MR) is 65.2 cm³/mol. The molecule has 1 heterocycles. The summed E-state index contributed by atoms with van der Waals surface area (Å²) in [5, 5.41) is 6.09. The maximum Gasteiger partial charge on any atom is 0.221 e. The molecule has 4 nitrogen and oxygen atoms in total. The van der Waals surface area contributed by atoms with Gasteiger partial charge in [-0.3, -0.25) is 9.78 Å². The molecule has 1 amide bonds. The Kier molecular flexibility index (Phi) is 5.32. The fourth-order valence-corrected chi connectivity index (χ4v) is 1.24. The number of carbonyl (C=O) groups excluding carboxylic acids is 1. The van der Waals surface area contributed by atoms with E-state index in [4.69, 9.17) is 0 Å². The lowest BCUT2D eigenvalue weighted by atomic mass is 10.2. The lowest BCUT2D eigenvalue weighted by Gasteiger charge is -2.11. The first kappa shape index (κ1) is 12.5. The number of hydrogen-bond acceptors (Lipinski definition) is 3. The van der Waals surface area contributed by atoms with Gasteiger partial charge in [0.1, 0.15) is 0 Å². The third kappa shape index (κ3) is 4.77. The third-order valence-electron chi connectivity index (χ3n) is 2.38. The van der Waals surface area contributed by atoms with E-state index in [-0.39, 0.29) is 11.9 Å². The molecule has 2 N–H and O–H groups in total. The van der Waals surface area contributed by atoms with Gasteiger partial charge < -0.3 is 10.6 Å². The van der Waals surface area contributed by atoms with Gasteiger partial charge in [-0.05, 0) is 25.5 Å². The van der Waals surface area contributed by atoms with Crippen molar-refractivity contribution in [3.8, 4) is 0 Å². The number of amides is 1. The Bertz CT molecular complexity index is 313. The van der Waals surface area contributed by atoms with Crippen molar-refractivity contribution in [2.24, 2.45) is 0 Å². The molecule has 0 spiro atoms. The first-order chi connectivity index (χ1) is 7.72. The fourth-order valence-electron chi connectivity index (χ4n) is 1.24. The Morgan fingerprint density at radius 1 is 1.44 bits per heavy atom. The number of hydrogen-bond donors (Lipinski definition) is 2. The van der Waals surface area contributed by atoms with Gasteiger partial charge in [-0.1, -0.05) is 6.92 Å². The standard InChI is InChI=1S/C12H19N3O/c1-3-10(2)15-12(16)6-9-14-11-4-7-13-8-5-11/h4-5,7-8,10H,3,6,9H2,1-2H3,(H,13,14)(H,15,16). The van der Waals surface area contributed by atoms with E-state index in [1.807, 2.05) is 19.1 Å². The van der Waals surface area contributed by atoms with Gasteiger partial charge >= 0.3 is 0 Å². The largest absolute Gasteiger partial charge is 0.384 e. The first-order valence-corrected chi connectivity index (χ1v) is 5.65. The van der Waals surface area contributed by atoms with Crippen LogP contribution in [0.15, 0.2) is 24.5 Å². The lowest BCUT2D eigenvalue weighted by Crippen LogP contribution is -2.32. The van der Waals surface area contributed by atoms with Crippen LogP contribution in [-0.2, 0) is 4.79 Å². The van der Waals surface area contributed by atoms with Crippen LogP contribution < -0.4 is 10.6 Å². The summed E-state index contributed by atoms with van der Waals surface area (Å²) in [6.45, 7) is 4.71. The van der Waals surface area contributed by atoms with E-state index < -0.39 is 0 Å². The van der Waals surface area contributed by atoms with Gasteiger partial charge in [-0.2, -0.15) is 0 Å². The lowest BCUT2D eigenvalue weighted by molar-refractivity contribution is -0.121. The molecule has 1 rings (SSSR count). The van der Waals surface area contributed by atoms with Crippen molar-refractivity contribution in [1.82, 2.24) is 10.3 Å². The zero-order valence-electron chi connectivity index (χ0n) is 9.86. The maximum atomic E-state index is 11.4. The average Bonchev–Trinajstić information content (AvgIpc) is 2.30. The molecule has 0 radical (unpaired) electrons. The van der Waals surface area contributed by atoms with Crippen molar-refractivity contribution >= 4 is 11.6 Å². The number of aromatic nitrogens is 1. The molecular weight excluding hydrogens is 202 g/mol. The molecule has 0 aliphatic carbocycles. The molecule has 4 heteroatoms. The maximum absolute atomic E-state index is 11.4. The van der Waals surface area contributed by atoms with Gasteiger partial charge in [0.25, 0.3) is 0 Å². The van der Waals surface area contributed by atoms with Gasteiger partial charge in [0, 0.05) is 37.1 Å². The zero-order chi connectivity index (χ0) is 11.8. The smallest absolute Gasteiger partial charge is 0.221 e. The molecule has 0 aliphatic rings. The van der Waals surface area contributed by atoms with Gasteiger partial charge in [0.05, 0.1) is 0 Å². The molecule has 0 bridgehead atoms. The minimum Gasteiger partial charge on any atom is -0.384 e. The van der Waals surface area contributed by atoms with Gasteiger partial charge in [-0.15, -0.1) is 0 Å². The number of rotatable bonds is 6. The van der Waals surface area contributed by atoms with Gasteiger partial charge in [0.15, 0.2) is 0 Å². The number of carbonyl (C=O) groups is 1. The Labute approximate surface area is 96.5 Å². The summed E-state index contributed by atoms with van der Waals surface area (Å²) in [5.74, 6) is 0.0934. The molecular formula is C12H19N3O. The highest BCUT2D eigenvalue weighted by atomic mass is 16.1.